The van der Waals surface area contributed by atoms with E-state index in [1.807, 2.05) is 24.5 Å². The van der Waals surface area contributed by atoms with E-state index in [1.54, 1.807) is 11.8 Å². The molecular weight excluding hydrogens is 282 g/mol. The van der Waals surface area contributed by atoms with Crippen molar-refractivity contribution in [1.82, 2.24) is 10.1 Å². The van der Waals surface area contributed by atoms with Crippen molar-refractivity contribution in [2.75, 3.05) is 6.26 Å². The van der Waals surface area contributed by atoms with E-state index in [1.165, 1.54) is 12.8 Å². The van der Waals surface area contributed by atoms with E-state index >= 15 is 0 Å². The second kappa shape index (κ2) is 6.20. The highest BCUT2D eigenvalue weighted by Gasteiger charge is 2.33. The van der Waals surface area contributed by atoms with Crippen LogP contribution in [0, 0.1) is 0 Å². The van der Waals surface area contributed by atoms with E-state index in [9.17, 15) is 0 Å². The van der Waals surface area contributed by atoms with Crippen LogP contribution in [-0.2, 0) is 5.54 Å². The molecular formula is C16H21N3OS. The first-order valence-electron chi connectivity index (χ1n) is 7.49. The average Bonchev–Trinajstić information content (AvgIpc) is 2.91. The van der Waals surface area contributed by atoms with Crippen molar-refractivity contribution in [3.63, 3.8) is 0 Å². The molecule has 4 nitrogen and oxygen atoms in total. The summed E-state index contributed by atoms with van der Waals surface area (Å²) < 4.78 is 5.50. The van der Waals surface area contributed by atoms with Gasteiger partial charge in [-0.1, -0.05) is 43.0 Å². The lowest BCUT2D eigenvalue weighted by atomic mass is 9.91. The Morgan fingerprint density at radius 2 is 1.86 bits per heavy atom. The summed E-state index contributed by atoms with van der Waals surface area (Å²) in [5.74, 6) is 1.24. The lowest BCUT2D eigenvalue weighted by Crippen LogP contribution is -2.37. The van der Waals surface area contributed by atoms with Gasteiger partial charge in [0.25, 0.3) is 5.89 Å². The van der Waals surface area contributed by atoms with Crippen LogP contribution in [0.2, 0.25) is 0 Å². The number of thioether (sulfide) groups is 1. The van der Waals surface area contributed by atoms with Gasteiger partial charge in [0.15, 0.2) is 5.82 Å². The van der Waals surface area contributed by atoms with E-state index in [0.717, 1.165) is 36.1 Å². The van der Waals surface area contributed by atoms with Gasteiger partial charge in [-0.25, -0.2) is 0 Å². The van der Waals surface area contributed by atoms with Crippen molar-refractivity contribution in [2.24, 2.45) is 5.73 Å². The Bertz CT molecular complexity index is 603. The van der Waals surface area contributed by atoms with Crippen LogP contribution >= 0.6 is 11.8 Å². The van der Waals surface area contributed by atoms with Gasteiger partial charge in [-0.15, -0.1) is 11.8 Å². The predicted molar refractivity (Wildman–Crippen MR) is 85.1 cm³/mol. The predicted octanol–water partition coefficient (Wildman–Crippen LogP) is 3.97. The largest absolute Gasteiger partial charge is 0.334 e. The van der Waals surface area contributed by atoms with Crippen LogP contribution in [0.1, 0.15) is 44.3 Å². The first-order chi connectivity index (χ1) is 10.2. The molecule has 112 valence electrons. The number of nitrogens with two attached hydrogens (primary N) is 1. The highest BCUT2D eigenvalue weighted by atomic mass is 32.2. The Hall–Kier alpha value is -1.33. The Kier molecular flexibility index (Phi) is 4.31. The molecule has 1 aromatic carbocycles. The molecule has 1 saturated carbocycles. The van der Waals surface area contributed by atoms with Crippen molar-refractivity contribution in [2.45, 2.75) is 49.0 Å². The summed E-state index contributed by atoms with van der Waals surface area (Å²) in [7, 11) is 0. The van der Waals surface area contributed by atoms with Crippen LogP contribution in [0.3, 0.4) is 0 Å². The minimum atomic E-state index is -0.424. The summed E-state index contributed by atoms with van der Waals surface area (Å²) in [6.07, 6.45) is 8.71. The molecule has 2 aromatic rings. The summed E-state index contributed by atoms with van der Waals surface area (Å²) in [5.41, 5.74) is 7.12. The van der Waals surface area contributed by atoms with E-state index < -0.39 is 5.54 Å². The fourth-order valence-electron chi connectivity index (χ4n) is 2.94. The van der Waals surface area contributed by atoms with Crippen LogP contribution < -0.4 is 5.73 Å². The number of benzene rings is 1. The fourth-order valence-corrected chi connectivity index (χ4v) is 3.53. The highest BCUT2D eigenvalue weighted by Crippen LogP contribution is 2.34. The Labute approximate surface area is 129 Å². The summed E-state index contributed by atoms with van der Waals surface area (Å²) in [6.45, 7) is 0. The monoisotopic (exact) mass is 303 g/mol. The van der Waals surface area contributed by atoms with Crippen molar-refractivity contribution in [3.8, 4) is 11.5 Å². The fraction of sp³-hybridized carbons (Fsp3) is 0.500. The maximum absolute atomic E-state index is 6.55. The molecule has 21 heavy (non-hydrogen) atoms. The van der Waals surface area contributed by atoms with Gasteiger partial charge in [0.05, 0.1) is 11.1 Å². The number of hydrogen-bond acceptors (Lipinski definition) is 5. The molecule has 1 aliphatic rings. The maximum atomic E-state index is 6.55. The molecule has 0 saturated heterocycles. The molecule has 1 aromatic heterocycles. The van der Waals surface area contributed by atoms with Crippen LogP contribution in [0.15, 0.2) is 33.7 Å². The summed E-state index contributed by atoms with van der Waals surface area (Å²) in [6, 6.07) is 8.08. The second-order valence-corrected chi connectivity index (χ2v) is 6.54. The molecule has 0 aliphatic heterocycles. The van der Waals surface area contributed by atoms with Gasteiger partial charge >= 0.3 is 0 Å². The SMILES string of the molecule is CSc1ccccc1-c1nc(C2(N)CCCCCC2)no1. The lowest BCUT2D eigenvalue weighted by molar-refractivity contribution is 0.334. The number of hydrogen-bond donors (Lipinski definition) is 1. The second-order valence-electron chi connectivity index (χ2n) is 5.69. The van der Waals surface area contributed by atoms with Gasteiger partial charge in [0.2, 0.25) is 0 Å². The van der Waals surface area contributed by atoms with Crippen molar-refractivity contribution in [3.05, 3.63) is 30.1 Å². The topological polar surface area (TPSA) is 64.9 Å². The zero-order valence-electron chi connectivity index (χ0n) is 12.3. The van der Waals surface area contributed by atoms with Gasteiger partial charge in [0.1, 0.15) is 0 Å². The first-order valence-corrected chi connectivity index (χ1v) is 8.72. The summed E-state index contributed by atoms with van der Waals surface area (Å²) in [5, 5.41) is 4.18. The average molecular weight is 303 g/mol. The smallest absolute Gasteiger partial charge is 0.259 e. The van der Waals surface area contributed by atoms with E-state index in [2.05, 4.69) is 16.2 Å². The summed E-state index contributed by atoms with van der Waals surface area (Å²) in [4.78, 5) is 5.75. The Balaban J connectivity index is 1.92. The van der Waals surface area contributed by atoms with Gasteiger partial charge in [-0.05, 0) is 31.2 Å². The zero-order chi connectivity index (χ0) is 14.7. The van der Waals surface area contributed by atoms with Crippen LogP contribution in [-0.4, -0.2) is 16.4 Å². The first kappa shape index (κ1) is 14.6. The van der Waals surface area contributed by atoms with Crippen LogP contribution in [0.5, 0.6) is 0 Å². The minimum absolute atomic E-state index is 0.424. The van der Waals surface area contributed by atoms with Crippen LogP contribution in [0.4, 0.5) is 0 Å². The molecule has 1 fully saturated rings. The van der Waals surface area contributed by atoms with Gasteiger partial charge < -0.3 is 10.3 Å². The van der Waals surface area contributed by atoms with Gasteiger partial charge in [-0.3, -0.25) is 0 Å². The molecule has 5 heteroatoms. The Morgan fingerprint density at radius 1 is 1.14 bits per heavy atom. The molecule has 0 spiro atoms. The molecule has 0 unspecified atom stereocenters. The van der Waals surface area contributed by atoms with Crippen LogP contribution in [0.25, 0.3) is 11.5 Å². The normalized spacial score (nSPS) is 18.4. The maximum Gasteiger partial charge on any atom is 0.259 e. The molecule has 0 amide bonds. The highest BCUT2D eigenvalue weighted by molar-refractivity contribution is 7.98. The molecule has 0 atom stereocenters. The van der Waals surface area contributed by atoms with Crippen molar-refractivity contribution < 1.29 is 4.52 Å². The third-order valence-corrected chi connectivity index (χ3v) is 5.00. The molecule has 1 heterocycles. The van der Waals surface area contributed by atoms with E-state index in [4.69, 9.17) is 10.3 Å². The molecule has 3 rings (SSSR count). The van der Waals surface area contributed by atoms with Crippen molar-refractivity contribution >= 4 is 11.8 Å². The van der Waals surface area contributed by atoms with E-state index in [0.29, 0.717) is 11.7 Å². The number of rotatable bonds is 3. The van der Waals surface area contributed by atoms with Gasteiger partial charge in [0, 0.05) is 4.90 Å². The van der Waals surface area contributed by atoms with E-state index in [-0.39, 0.29) is 0 Å². The number of aromatic nitrogens is 2. The number of nitrogens with zero attached hydrogens (tertiary/aromatic N) is 2. The third-order valence-electron chi connectivity index (χ3n) is 4.20. The zero-order valence-corrected chi connectivity index (χ0v) is 13.2. The quantitative estimate of drug-likeness (QED) is 0.686. The van der Waals surface area contributed by atoms with Gasteiger partial charge in [-0.2, -0.15) is 4.98 Å². The minimum Gasteiger partial charge on any atom is -0.334 e. The molecule has 1 aliphatic carbocycles. The van der Waals surface area contributed by atoms with Crippen molar-refractivity contribution in [1.29, 1.82) is 0 Å². The molecule has 0 bridgehead atoms. The standard InChI is InChI=1S/C16H21N3OS/c1-21-13-9-5-4-8-12(13)14-18-15(19-20-14)16(17)10-6-2-3-7-11-16/h4-5,8-9H,2-3,6-7,10-11,17H2,1H3. The summed E-state index contributed by atoms with van der Waals surface area (Å²) >= 11 is 1.68. The molecule has 2 N–H and O–H groups in total. The Morgan fingerprint density at radius 3 is 2.57 bits per heavy atom. The third kappa shape index (κ3) is 2.99. The molecule has 0 radical (unpaired) electrons. The lowest BCUT2D eigenvalue weighted by Gasteiger charge is -2.23.